The van der Waals surface area contributed by atoms with Crippen LogP contribution in [0.2, 0.25) is 0 Å². The average molecular weight is 770 g/mol. The van der Waals surface area contributed by atoms with Crippen molar-refractivity contribution in [3.05, 3.63) is 191 Å². The Kier molecular flexibility index (Phi) is 15.8. The van der Waals surface area contributed by atoms with E-state index in [0.717, 1.165) is 42.8 Å². The summed E-state index contributed by atoms with van der Waals surface area (Å²) in [5, 5.41) is 0. The van der Waals surface area contributed by atoms with E-state index in [2.05, 4.69) is 213 Å². The van der Waals surface area contributed by atoms with E-state index in [9.17, 15) is 0 Å². The Balaban J connectivity index is 1.33. The number of hydrogen-bond donors (Lipinski definition) is 0. The van der Waals surface area contributed by atoms with Gasteiger partial charge in [0, 0.05) is 17.1 Å². The first-order valence-corrected chi connectivity index (χ1v) is 22.1. The number of nitrogens with zero attached hydrogens (tertiary/aromatic N) is 1. The first kappa shape index (κ1) is 44.2. The second-order valence-corrected chi connectivity index (χ2v) is 18.0. The number of hydrogen-bond acceptors (Lipinski definition) is 1. The van der Waals surface area contributed by atoms with Crippen LogP contribution in [0.4, 0.5) is 11.4 Å². The number of allylic oxidation sites excluding steroid dienone is 4. The normalized spacial score (nSPS) is 12.9. The van der Waals surface area contributed by atoms with Crippen LogP contribution in [0.1, 0.15) is 133 Å². The van der Waals surface area contributed by atoms with Crippen molar-refractivity contribution in [3.63, 3.8) is 0 Å². The van der Waals surface area contributed by atoms with E-state index in [1.54, 1.807) is 0 Å². The third kappa shape index (κ3) is 12.1. The monoisotopic (exact) mass is 770 g/mol. The van der Waals surface area contributed by atoms with E-state index in [-0.39, 0.29) is 10.8 Å². The molecule has 0 spiro atoms. The zero-order chi connectivity index (χ0) is 41.7. The van der Waals surface area contributed by atoms with Gasteiger partial charge in [-0.05, 0) is 144 Å². The first-order valence-electron chi connectivity index (χ1n) is 22.1. The summed E-state index contributed by atoms with van der Waals surface area (Å²) in [4.78, 5) is 2.36. The molecule has 5 aromatic rings. The van der Waals surface area contributed by atoms with Gasteiger partial charge in [0.25, 0.3) is 0 Å². The Hall–Kier alpha value is -4.88. The van der Waals surface area contributed by atoms with Crippen molar-refractivity contribution < 1.29 is 0 Å². The highest BCUT2D eigenvalue weighted by atomic mass is 15.1. The fourth-order valence-electron chi connectivity index (χ4n) is 8.19. The number of benzene rings is 5. The van der Waals surface area contributed by atoms with Crippen LogP contribution in [-0.2, 0) is 18.3 Å². The lowest BCUT2D eigenvalue weighted by atomic mass is 9.79. The third-order valence-corrected chi connectivity index (χ3v) is 12.4. The van der Waals surface area contributed by atoms with E-state index in [1.807, 2.05) is 0 Å². The van der Waals surface area contributed by atoms with Gasteiger partial charge in [0.15, 0.2) is 0 Å². The average Bonchev–Trinajstić information content (AvgIpc) is 3.22. The molecule has 5 aromatic carbocycles. The zero-order valence-corrected chi connectivity index (χ0v) is 37.4. The summed E-state index contributed by atoms with van der Waals surface area (Å²) < 4.78 is 0. The third-order valence-electron chi connectivity index (χ3n) is 12.4. The van der Waals surface area contributed by atoms with Gasteiger partial charge in [-0.1, -0.05) is 189 Å². The molecular weight excluding hydrogens is 699 g/mol. The Morgan fingerprint density at radius 1 is 0.655 bits per heavy atom. The second kappa shape index (κ2) is 20.7. The molecule has 1 heteroatoms. The molecule has 0 amide bonds. The molecule has 0 bridgehead atoms. The summed E-state index contributed by atoms with van der Waals surface area (Å²) in [5.74, 6) is 0.459. The molecule has 5 rings (SSSR count). The highest BCUT2D eigenvalue weighted by Crippen LogP contribution is 2.37. The molecule has 0 heterocycles. The quantitative estimate of drug-likeness (QED) is 0.0713. The standard InChI is InChI=1S/C57H71N/c1-11-14-38-56(7,8)45(6)22-35-53(13-3)58(55-21-17-19-44(5)41-55)54-36-31-49(32-37-54)48-26-23-46(24-27-48)25-28-51(42-47-20-16-18-43(4)40-47)50-29-33-52(34-30-50)57(9,10)39-15-12-2/h13,16-24,26-27,29-37,40-41,51H,6,11-12,14-15,25,28,38-39,42H2,1-5,7-10H3/b35-22-,53-13+. The lowest BCUT2D eigenvalue weighted by Crippen LogP contribution is -2.17. The number of unbranched alkanes of at least 4 members (excludes halogenated alkanes) is 2. The van der Waals surface area contributed by atoms with Gasteiger partial charge >= 0.3 is 0 Å². The predicted molar refractivity (Wildman–Crippen MR) is 255 cm³/mol. The summed E-state index contributed by atoms with van der Waals surface area (Å²) in [6.45, 7) is 24.9. The Morgan fingerprint density at radius 3 is 1.86 bits per heavy atom. The molecule has 0 aliphatic carbocycles. The predicted octanol–water partition coefficient (Wildman–Crippen LogP) is 16.8. The molecule has 0 aliphatic heterocycles. The molecule has 0 saturated carbocycles. The second-order valence-electron chi connectivity index (χ2n) is 18.0. The van der Waals surface area contributed by atoms with Crippen LogP contribution in [-0.4, -0.2) is 0 Å². The molecule has 304 valence electrons. The summed E-state index contributed by atoms with van der Waals surface area (Å²) >= 11 is 0. The summed E-state index contributed by atoms with van der Waals surface area (Å²) in [6, 6.07) is 45.8. The van der Waals surface area contributed by atoms with Gasteiger partial charge < -0.3 is 4.90 Å². The molecule has 0 aliphatic rings. The van der Waals surface area contributed by atoms with Crippen LogP contribution in [0.3, 0.4) is 0 Å². The van der Waals surface area contributed by atoms with Crippen molar-refractivity contribution in [1.82, 2.24) is 0 Å². The molecule has 1 unspecified atom stereocenters. The van der Waals surface area contributed by atoms with Crippen molar-refractivity contribution in [3.8, 4) is 11.1 Å². The molecule has 0 fully saturated rings. The minimum atomic E-state index is 0.0666. The minimum Gasteiger partial charge on any atom is -0.311 e. The van der Waals surface area contributed by atoms with Crippen LogP contribution >= 0.6 is 0 Å². The maximum Gasteiger partial charge on any atom is 0.0464 e. The van der Waals surface area contributed by atoms with Gasteiger partial charge in [-0.2, -0.15) is 0 Å². The molecule has 0 saturated heterocycles. The van der Waals surface area contributed by atoms with Crippen LogP contribution in [0, 0.1) is 19.3 Å². The van der Waals surface area contributed by atoms with Gasteiger partial charge in [-0.15, -0.1) is 0 Å². The zero-order valence-electron chi connectivity index (χ0n) is 37.4. The molecule has 0 radical (unpaired) electrons. The largest absolute Gasteiger partial charge is 0.311 e. The molecular formula is C57H71N. The summed E-state index contributed by atoms with van der Waals surface area (Å²) in [6.07, 6.45) is 17.2. The van der Waals surface area contributed by atoms with Gasteiger partial charge in [0.05, 0.1) is 0 Å². The fourth-order valence-corrected chi connectivity index (χ4v) is 8.19. The number of aryl methyl sites for hydroxylation is 3. The number of rotatable bonds is 20. The Morgan fingerprint density at radius 2 is 1.26 bits per heavy atom. The smallest absolute Gasteiger partial charge is 0.0464 e. The first-order chi connectivity index (χ1) is 27.8. The number of anilines is 2. The topological polar surface area (TPSA) is 3.24 Å². The molecule has 1 nitrogen and oxygen atoms in total. The van der Waals surface area contributed by atoms with Crippen LogP contribution in [0.15, 0.2) is 157 Å². The van der Waals surface area contributed by atoms with Crippen molar-refractivity contribution >= 4 is 11.4 Å². The molecule has 1 atom stereocenters. The van der Waals surface area contributed by atoms with Gasteiger partial charge in [-0.3, -0.25) is 0 Å². The summed E-state index contributed by atoms with van der Waals surface area (Å²) in [7, 11) is 0. The fraction of sp³-hybridized carbons (Fsp3) is 0.368. The van der Waals surface area contributed by atoms with E-state index in [4.69, 9.17) is 0 Å². The molecule has 0 N–H and O–H groups in total. The highest BCUT2D eigenvalue weighted by Gasteiger charge is 2.22. The van der Waals surface area contributed by atoms with Gasteiger partial charge in [0.1, 0.15) is 0 Å². The van der Waals surface area contributed by atoms with Crippen LogP contribution < -0.4 is 4.90 Å². The Labute approximate surface area is 353 Å². The summed E-state index contributed by atoms with van der Waals surface area (Å²) in [5.41, 5.74) is 15.6. The van der Waals surface area contributed by atoms with Crippen molar-refractivity contribution in [2.45, 2.75) is 131 Å². The maximum absolute atomic E-state index is 4.49. The highest BCUT2D eigenvalue weighted by molar-refractivity contribution is 5.74. The van der Waals surface area contributed by atoms with E-state index >= 15 is 0 Å². The molecule has 0 aromatic heterocycles. The maximum atomic E-state index is 4.49. The SMILES string of the molecule is C=C(/C=C\C(=C/C)N(c1ccc(-c2ccc(CCC(Cc3cccc(C)c3)c3ccc(C(C)(C)CCCC)cc3)cc2)cc1)c1cccc(C)c1)C(C)(C)CCCC. The van der Waals surface area contributed by atoms with E-state index < -0.39 is 0 Å². The van der Waals surface area contributed by atoms with Crippen molar-refractivity contribution in [1.29, 1.82) is 0 Å². The van der Waals surface area contributed by atoms with Crippen molar-refractivity contribution in [2.75, 3.05) is 4.90 Å². The van der Waals surface area contributed by atoms with Gasteiger partial charge in [0.2, 0.25) is 0 Å². The van der Waals surface area contributed by atoms with E-state index in [0.29, 0.717) is 5.92 Å². The van der Waals surface area contributed by atoms with E-state index in [1.165, 1.54) is 82.2 Å². The van der Waals surface area contributed by atoms with Crippen LogP contribution in [0.5, 0.6) is 0 Å². The molecule has 58 heavy (non-hydrogen) atoms. The Bertz CT molecular complexity index is 2100. The van der Waals surface area contributed by atoms with Crippen molar-refractivity contribution in [2.24, 2.45) is 5.41 Å². The lowest BCUT2D eigenvalue weighted by molar-refractivity contribution is 0.401. The minimum absolute atomic E-state index is 0.0666. The van der Waals surface area contributed by atoms with Crippen LogP contribution in [0.25, 0.3) is 11.1 Å². The lowest BCUT2D eigenvalue weighted by Gasteiger charge is -2.28. The van der Waals surface area contributed by atoms with Gasteiger partial charge in [-0.25, -0.2) is 0 Å².